The van der Waals surface area contributed by atoms with Crippen LogP contribution in [0.5, 0.6) is 0 Å². The first kappa shape index (κ1) is 17.8. The van der Waals surface area contributed by atoms with Crippen molar-refractivity contribution in [3.63, 3.8) is 0 Å². The number of carbonyl (C=O) groups is 2. The summed E-state index contributed by atoms with van der Waals surface area (Å²) in [6.07, 6.45) is 5.84. The molecule has 27 heavy (non-hydrogen) atoms. The Hall–Kier alpha value is -1.23. The molecule has 1 spiro atoms. The van der Waals surface area contributed by atoms with Crippen molar-refractivity contribution >= 4 is 11.8 Å². The van der Waals surface area contributed by atoms with Crippen LogP contribution in [0.2, 0.25) is 0 Å². The van der Waals surface area contributed by atoms with Crippen LogP contribution in [-0.4, -0.2) is 34.2 Å². The van der Waals surface area contributed by atoms with E-state index >= 15 is 4.39 Å². The van der Waals surface area contributed by atoms with E-state index in [1.807, 2.05) is 6.92 Å². The van der Waals surface area contributed by atoms with Gasteiger partial charge in [-0.1, -0.05) is 19.4 Å². The minimum atomic E-state index is -1.71. The second-order valence-corrected chi connectivity index (χ2v) is 10.1. The van der Waals surface area contributed by atoms with Crippen molar-refractivity contribution in [1.82, 2.24) is 0 Å². The van der Waals surface area contributed by atoms with Crippen LogP contribution in [0.4, 0.5) is 4.39 Å². The lowest BCUT2D eigenvalue weighted by molar-refractivity contribution is -0.228. The average Bonchev–Trinajstić information content (AvgIpc) is 3.12. The third-order valence-electron chi connectivity index (χ3n) is 9.37. The van der Waals surface area contributed by atoms with Crippen LogP contribution in [0, 0.1) is 22.7 Å². The van der Waals surface area contributed by atoms with Gasteiger partial charge in [-0.25, -0.2) is 4.39 Å². The summed E-state index contributed by atoms with van der Waals surface area (Å²) >= 11 is 0. The van der Waals surface area contributed by atoms with Crippen LogP contribution in [-0.2, 0) is 14.3 Å². The molecule has 0 unspecified atom stereocenters. The number of hydrogen-bond donors (Lipinski definition) is 1. The van der Waals surface area contributed by atoms with Crippen molar-refractivity contribution in [2.45, 2.75) is 89.0 Å². The Morgan fingerprint density at radius 1 is 1.07 bits per heavy atom. The Bertz CT molecular complexity index is 761. The van der Waals surface area contributed by atoms with Crippen molar-refractivity contribution in [3.8, 4) is 0 Å². The fraction of sp³-hybridized carbons (Fsp3) is 0.818. The Morgan fingerprint density at radius 3 is 2.56 bits per heavy atom. The van der Waals surface area contributed by atoms with E-state index in [-0.39, 0.29) is 29.0 Å². The monoisotopic (exact) mass is 376 g/mol. The van der Waals surface area contributed by atoms with Crippen LogP contribution in [0.1, 0.15) is 71.6 Å². The maximum atomic E-state index is 16.9. The van der Waals surface area contributed by atoms with Crippen molar-refractivity contribution in [2.24, 2.45) is 22.7 Å². The summed E-state index contributed by atoms with van der Waals surface area (Å²) in [4.78, 5) is 23.9. The highest BCUT2D eigenvalue weighted by atomic mass is 19.1. The quantitative estimate of drug-likeness (QED) is 0.656. The summed E-state index contributed by atoms with van der Waals surface area (Å²) in [5, 5.41) is 11.2. The molecule has 4 fully saturated rings. The van der Waals surface area contributed by atoms with E-state index in [1.165, 1.54) is 0 Å². The van der Waals surface area contributed by atoms with Gasteiger partial charge in [0.25, 0.3) is 0 Å². The van der Waals surface area contributed by atoms with Crippen molar-refractivity contribution in [2.75, 3.05) is 0 Å². The highest BCUT2D eigenvalue weighted by molar-refractivity contribution is 5.91. The number of hydrogen-bond acceptors (Lipinski definition) is 4. The van der Waals surface area contributed by atoms with Gasteiger partial charge < -0.3 is 9.84 Å². The van der Waals surface area contributed by atoms with Gasteiger partial charge in [0.15, 0.2) is 5.78 Å². The fourth-order valence-corrected chi connectivity index (χ4v) is 7.85. The minimum Gasteiger partial charge on any atom is -0.458 e. The maximum Gasteiger partial charge on any atom is 0.306 e. The molecule has 3 saturated carbocycles. The van der Waals surface area contributed by atoms with Crippen molar-refractivity contribution in [1.29, 1.82) is 0 Å². The topological polar surface area (TPSA) is 63.6 Å². The molecule has 0 bridgehead atoms. The molecular formula is C22H29FO4. The molecule has 0 amide bonds. The predicted octanol–water partition coefficient (Wildman–Crippen LogP) is 3.66. The smallest absolute Gasteiger partial charge is 0.306 e. The predicted molar refractivity (Wildman–Crippen MR) is 96.5 cm³/mol. The average molecular weight is 376 g/mol. The molecule has 5 heteroatoms. The molecule has 1 aliphatic heterocycles. The molecule has 1 heterocycles. The third-order valence-corrected chi connectivity index (χ3v) is 9.37. The number of ether oxygens (including phenoxy) is 1. The first-order valence-electron chi connectivity index (χ1n) is 10.5. The zero-order chi connectivity index (χ0) is 19.2. The number of fused-ring (bicyclic) bond motifs is 6. The molecule has 1 saturated heterocycles. The van der Waals surface area contributed by atoms with Gasteiger partial charge in [-0.3, -0.25) is 9.59 Å². The molecule has 1 N–H and O–H groups in total. The zero-order valence-electron chi connectivity index (χ0n) is 16.2. The van der Waals surface area contributed by atoms with E-state index in [9.17, 15) is 14.7 Å². The number of esters is 1. The molecule has 5 aliphatic rings. The summed E-state index contributed by atoms with van der Waals surface area (Å²) in [6, 6.07) is 0. The fourth-order valence-electron chi connectivity index (χ4n) is 7.85. The summed E-state index contributed by atoms with van der Waals surface area (Å²) in [5.74, 6) is -0.222. The van der Waals surface area contributed by atoms with Gasteiger partial charge in [-0.2, -0.15) is 0 Å². The molecule has 7 atom stereocenters. The summed E-state index contributed by atoms with van der Waals surface area (Å²) < 4.78 is 22.8. The normalized spacial score (nSPS) is 54.2. The number of halogens is 1. The van der Waals surface area contributed by atoms with E-state index in [4.69, 9.17) is 4.74 Å². The van der Waals surface area contributed by atoms with Gasteiger partial charge in [-0.15, -0.1) is 0 Å². The molecule has 0 aromatic heterocycles. The highest BCUT2D eigenvalue weighted by Gasteiger charge is 2.74. The number of ketones is 1. The van der Waals surface area contributed by atoms with Crippen LogP contribution >= 0.6 is 0 Å². The first-order chi connectivity index (χ1) is 12.7. The van der Waals surface area contributed by atoms with E-state index in [2.05, 4.69) is 6.92 Å². The molecule has 148 valence electrons. The molecule has 4 aliphatic carbocycles. The number of aliphatic hydroxyl groups is 1. The van der Waals surface area contributed by atoms with E-state index in [0.29, 0.717) is 38.5 Å². The number of rotatable bonds is 0. The molecule has 5 rings (SSSR count). The van der Waals surface area contributed by atoms with Crippen molar-refractivity contribution in [3.05, 3.63) is 11.6 Å². The summed E-state index contributed by atoms with van der Waals surface area (Å²) in [7, 11) is 0. The second kappa shape index (κ2) is 5.22. The molecule has 0 aromatic carbocycles. The molecule has 4 nitrogen and oxygen atoms in total. The lowest BCUT2D eigenvalue weighted by Gasteiger charge is -2.63. The number of aliphatic hydroxyl groups excluding tert-OH is 1. The van der Waals surface area contributed by atoms with E-state index < -0.39 is 22.8 Å². The second-order valence-electron chi connectivity index (χ2n) is 10.1. The maximum absolute atomic E-state index is 16.9. The number of allylic oxidation sites excluding steroid dienone is 1. The summed E-state index contributed by atoms with van der Waals surface area (Å²) in [6.45, 7) is 4.04. The Balaban J connectivity index is 1.59. The molecule has 0 radical (unpaired) electrons. The van der Waals surface area contributed by atoms with Crippen LogP contribution < -0.4 is 0 Å². The SMILES string of the molecule is C[C@]12CCC(=O)C=C1CC[C@H]1[C@@H]3CC[C@@]4(CCC(=O)O4)[C@@]3(C)C[C@H](O)[C@@]12F. The summed E-state index contributed by atoms with van der Waals surface area (Å²) in [5.41, 5.74) is -2.50. The van der Waals surface area contributed by atoms with E-state index in [1.54, 1.807) is 6.08 Å². The Labute approximate surface area is 159 Å². The first-order valence-corrected chi connectivity index (χ1v) is 10.5. The van der Waals surface area contributed by atoms with Gasteiger partial charge >= 0.3 is 5.97 Å². The third kappa shape index (κ3) is 1.92. The Kier molecular flexibility index (Phi) is 3.45. The lowest BCUT2D eigenvalue weighted by atomic mass is 9.44. The van der Waals surface area contributed by atoms with Gasteiger partial charge in [0.1, 0.15) is 11.3 Å². The minimum absolute atomic E-state index is 0.0809. The van der Waals surface area contributed by atoms with Crippen LogP contribution in [0.15, 0.2) is 11.6 Å². The van der Waals surface area contributed by atoms with Gasteiger partial charge in [0, 0.05) is 29.6 Å². The van der Waals surface area contributed by atoms with Crippen molar-refractivity contribution < 1.29 is 23.8 Å². The van der Waals surface area contributed by atoms with Gasteiger partial charge in [0.2, 0.25) is 0 Å². The zero-order valence-corrected chi connectivity index (χ0v) is 16.2. The lowest BCUT2D eigenvalue weighted by Crippen LogP contribution is -2.68. The van der Waals surface area contributed by atoms with Crippen LogP contribution in [0.25, 0.3) is 0 Å². The largest absolute Gasteiger partial charge is 0.458 e. The Morgan fingerprint density at radius 2 is 1.85 bits per heavy atom. The van der Waals surface area contributed by atoms with E-state index in [0.717, 1.165) is 24.8 Å². The number of alkyl halides is 1. The van der Waals surface area contributed by atoms with Gasteiger partial charge in [-0.05, 0) is 56.9 Å². The van der Waals surface area contributed by atoms with Gasteiger partial charge in [0.05, 0.1) is 6.10 Å². The van der Waals surface area contributed by atoms with Crippen LogP contribution in [0.3, 0.4) is 0 Å². The molecule has 0 aromatic rings. The highest BCUT2D eigenvalue weighted by Crippen LogP contribution is 2.71. The molecular weight excluding hydrogens is 347 g/mol. The standard InChI is InChI=1S/C22H29FO4/c1-19-8-5-14(24)11-13(19)3-4-16-15-6-9-21(10-7-18(26)27-21)20(15,2)12-17(25)22(16,19)23/h11,15-17,25H,3-10,12H2,1-2H3/t15-,16-,17-,19-,20-,21+,22-/m0/s1. The number of carbonyl (C=O) groups excluding carboxylic acids is 2.